The van der Waals surface area contributed by atoms with E-state index >= 15 is 0 Å². The van der Waals surface area contributed by atoms with Gasteiger partial charge in [-0.2, -0.15) is 0 Å². The zero-order valence-corrected chi connectivity index (χ0v) is 37.4. The molecule has 0 unspecified atom stereocenters. The van der Waals surface area contributed by atoms with E-state index in [1.165, 1.54) is 12.5 Å². The lowest BCUT2D eigenvalue weighted by Crippen LogP contribution is -2.60. The number of aliphatic hydroxyl groups is 2. The van der Waals surface area contributed by atoms with Crippen LogP contribution in [0.5, 0.6) is 0 Å². The van der Waals surface area contributed by atoms with E-state index in [2.05, 4.69) is 52.5 Å². The first kappa shape index (κ1) is 56.1. The van der Waals surface area contributed by atoms with Gasteiger partial charge in [0, 0.05) is 36.2 Å². The van der Waals surface area contributed by atoms with Gasteiger partial charge in [0.2, 0.25) is 59.1 Å². The van der Waals surface area contributed by atoms with Gasteiger partial charge in [0.25, 0.3) is 0 Å². The Morgan fingerprint density at radius 1 is 0.742 bits per heavy atom. The molecule has 20 N–H and O–H groups in total. The summed E-state index contributed by atoms with van der Waals surface area (Å²) in [7, 11) is 1.80. The molecule has 0 aliphatic carbocycles. The zero-order valence-electron chi connectivity index (χ0n) is 35.7. The number of carbonyl (C=O) groups is 11. The van der Waals surface area contributed by atoms with Crippen LogP contribution in [0.2, 0.25) is 0 Å². The van der Waals surface area contributed by atoms with Gasteiger partial charge in [0.15, 0.2) is 0 Å². The second-order valence-corrected chi connectivity index (χ2v) is 17.4. The normalized spacial score (nSPS) is 25.9. The van der Waals surface area contributed by atoms with Gasteiger partial charge in [0.05, 0.1) is 38.0 Å². The van der Waals surface area contributed by atoms with Crippen LogP contribution in [0.15, 0.2) is 12.5 Å². The Morgan fingerprint density at radius 2 is 1.32 bits per heavy atom. The Bertz CT molecular complexity index is 1880. The van der Waals surface area contributed by atoms with Crippen LogP contribution in [-0.4, -0.2) is 176 Å². The molecular formula is C36H58N14O14S2. The number of nitrogens with zero attached hydrogens (tertiary/aromatic N) is 1. The number of rotatable bonds is 14. The maximum absolute atomic E-state index is 13.8. The highest BCUT2D eigenvalue weighted by Crippen LogP contribution is 2.23. The Hall–Kier alpha value is -6.08. The number of carbonyl (C=O) groups excluding carboxylic acids is 10. The number of H-pyrrole nitrogens is 1. The average molecular weight is 975 g/mol. The van der Waals surface area contributed by atoms with Crippen molar-refractivity contribution in [2.45, 2.75) is 106 Å². The number of hydrogen-bond donors (Lipinski definition) is 16. The number of imidazole rings is 1. The highest BCUT2D eigenvalue weighted by molar-refractivity contribution is 8.76. The molecule has 10 amide bonds. The Morgan fingerprint density at radius 3 is 1.91 bits per heavy atom. The number of nitrogens with two attached hydrogens (primary N) is 4. The summed E-state index contributed by atoms with van der Waals surface area (Å²) in [6.07, 6.45) is -0.482. The summed E-state index contributed by atoms with van der Waals surface area (Å²) in [5.74, 6) is -12.6. The van der Waals surface area contributed by atoms with Crippen molar-refractivity contribution in [1.82, 2.24) is 52.5 Å². The van der Waals surface area contributed by atoms with E-state index in [-0.39, 0.29) is 36.6 Å². The predicted molar refractivity (Wildman–Crippen MR) is 233 cm³/mol. The number of primary amides is 2. The van der Waals surface area contributed by atoms with Crippen LogP contribution < -0.4 is 65.5 Å². The summed E-state index contributed by atoms with van der Waals surface area (Å²) >= 11 is 0. The first-order valence-electron chi connectivity index (χ1n) is 20.3. The van der Waals surface area contributed by atoms with Gasteiger partial charge in [-0.1, -0.05) is 21.6 Å². The first-order chi connectivity index (χ1) is 31.2. The van der Waals surface area contributed by atoms with Crippen molar-refractivity contribution < 1.29 is 68.1 Å². The molecule has 1 aliphatic rings. The number of amides is 10. The second kappa shape index (κ2) is 28.7. The second-order valence-electron chi connectivity index (χ2n) is 14.8. The minimum absolute atomic E-state index is 0.0155. The van der Waals surface area contributed by atoms with E-state index in [1.54, 1.807) is 0 Å². The van der Waals surface area contributed by atoms with E-state index in [4.69, 9.17) is 22.9 Å². The topological polar surface area (TPSA) is 477 Å². The van der Waals surface area contributed by atoms with Gasteiger partial charge in [-0.05, 0) is 39.2 Å². The van der Waals surface area contributed by atoms with Crippen molar-refractivity contribution >= 4 is 86.6 Å². The molecule has 1 aromatic rings. The fourth-order valence-corrected chi connectivity index (χ4v) is 8.06. The van der Waals surface area contributed by atoms with Crippen molar-refractivity contribution in [2.24, 2.45) is 22.9 Å². The largest absolute Gasteiger partial charge is 0.480 e. The van der Waals surface area contributed by atoms with Crippen LogP contribution in [0.4, 0.5) is 0 Å². The molecule has 1 fully saturated rings. The molecule has 30 heteroatoms. The van der Waals surface area contributed by atoms with Gasteiger partial charge in [-0.15, -0.1) is 0 Å². The van der Waals surface area contributed by atoms with Crippen LogP contribution >= 0.6 is 21.6 Å². The fourth-order valence-electron chi connectivity index (χ4n) is 5.78. The summed E-state index contributed by atoms with van der Waals surface area (Å²) in [5, 5.41) is 48.6. The van der Waals surface area contributed by atoms with Crippen LogP contribution in [0, 0.1) is 0 Å². The molecule has 1 aliphatic heterocycles. The van der Waals surface area contributed by atoms with Crippen molar-refractivity contribution in [2.75, 3.05) is 31.2 Å². The summed E-state index contributed by atoms with van der Waals surface area (Å²) in [6.45, 7) is -0.515. The smallest absolute Gasteiger partial charge is 0.327 e. The Labute approximate surface area is 384 Å². The summed E-state index contributed by atoms with van der Waals surface area (Å²) < 4.78 is 0. The van der Waals surface area contributed by atoms with E-state index in [1.807, 2.05) is 0 Å². The quantitative estimate of drug-likeness (QED) is 0.0608. The third-order valence-electron chi connectivity index (χ3n) is 9.38. The Kier molecular flexibility index (Phi) is 24.4. The van der Waals surface area contributed by atoms with E-state index in [9.17, 15) is 68.1 Å². The number of aliphatic hydroxyl groups excluding tert-OH is 2. The number of aliphatic carboxylic acids is 1. The molecule has 2 heterocycles. The lowest BCUT2D eigenvalue weighted by molar-refractivity contribution is -0.142. The highest BCUT2D eigenvalue weighted by atomic mass is 33.1. The maximum Gasteiger partial charge on any atom is 0.327 e. The molecule has 0 saturated carbocycles. The Balaban J connectivity index is 2.56. The molecule has 0 radical (unpaired) electrons. The molecule has 0 bridgehead atoms. The number of hydrogen-bond acceptors (Lipinski definition) is 18. The predicted octanol–water partition coefficient (Wildman–Crippen LogP) is -8.09. The lowest BCUT2D eigenvalue weighted by atomic mass is 10.1. The third-order valence-corrected chi connectivity index (χ3v) is 11.8. The third kappa shape index (κ3) is 20.0. The summed E-state index contributed by atoms with van der Waals surface area (Å²) in [4.78, 5) is 150. The fraction of sp³-hybridized carbons (Fsp3) is 0.611. The van der Waals surface area contributed by atoms with Crippen molar-refractivity contribution in [1.29, 1.82) is 0 Å². The monoisotopic (exact) mass is 974 g/mol. The van der Waals surface area contributed by atoms with Crippen molar-refractivity contribution in [3.8, 4) is 0 Å². The standard InChI is InChI=1S/C36H58N14O14S2/c1-16(52)28-35(62)42-11-27(55)44-23(12-51)34(61)47-21(8-17-10-41-15-43-17)32(59)48-22(9-26(40)54)33(60)46-20(5-6-25(39)53)30(57)49-24(36(63)64)14-66-65-13-18(38)29(56)45-19(31(58)50-28)4-2-3-7-37/h10,15-16,18-24,28,51-52H,2-9,11-14,37-38H2,1H3,(H2,39,53)(H2,40,54)(H,41,43)(H,42,62)(H,44,55)(H,45,56)(H,46,60)(H,47,61)(H,48,59)(H,49,57)(H,50,58)(H,63,64)/t16-,18+,19+,20+,21+,22+,23+,24+,28+/m1/s1. The van der Waals surface area contributed by atoms with Crippen molar-refractivity contribution in [3.63, 3.8) is 0 Å². The molecule has 0 aromatic carbocycles. The molecule has 1 saturated heterocycles. The number of aromatic nitrogens is 2. The van der Waals surface area contributed by atoms with Crippen LogP contribution in [0.25, 0.3) is 0 Å². The molecule has 0 spiro atoms. The summed E-state index contributed by atoms with van der Waals surface area (Å²) in [6, 6.07) is -12.9. The minimum atomic E-state index is -1.85. The van der Waals surface area contributed by atoms with Gasteiger partial charge in [0.1, 0.15) is 42.3 Å². The maximum atomic E-state index is 13.8. The van der Waals surface area contributed by atoms with Crippen LogP contribution in [0.1, 0.15) is 51.1 Å². The average Bonchev–Trinajstić information content (AvgIpc) is 3.77. The number of unbranched alkanes of at least 4 members (excludes halogenated alkanes) is 1. The van der Waals surface area contributed by atoms with Gasteiger partial charge >= 0.3 is 5.97 Å². The number of nitrogens with one attached hydrogen (secondary N) is 9. The van der Waals surface area contributed by atoms with E-state index in [0.717, 1.165) is 28.5 Å². The number of carboxylic acid groups (broad SMARTS) is 1. The molecule has 66 heavy (non-hydrogen) atoms. The molecule has 1 aromatic heterocycles. The first-order valence-corrected chi connectivity index (χ1v) is 22.8. The van der Waals surface area contributed by atoms with Crippen LogP contribution in [-0.2, 0) is 59.2 Å². The molecule has 28 nitrogen and oxygen atoms in total. The number of carboxylic acids is 1. The SMILES string of the molecule is C[C@@H](O)[C@@H]1NC(=O)[C@H](CCCCN)NC(=O)[C@@H](N)CSSC[C@@H](C(=O)O)NC(=O)[C@H](CCC(N)=O)NC(=O)[C@H](CC(N)=O)NC(=O)[C@H](Cc2cnc[nH]2)NC(=O)[C@H](CO)NC(=O)CNC1=O. The molecule has 368 valence electrons. The molecule has 9 atom stereocenters. The van der Waals surface area contributed by atoms with Crippen LogP contribution in [0.3, 0.4) is 0 Å². The molecular weight excluding hydrogens is 917 g/mol. The lowest BCUT2D eigenvalue weighted by Gasteiger charge is -2.26. The number of aromatic amines is 1. The highest BCUT2D eigenvalue weighted by Gasteiger charge is 2.35. The minimum Gasteiger partial charge on any atom is -0.480 e. The van der Waals surface area contributed by atoms with E-state index < -0.39 is 152 Å². The van der Waals surface area contributed by atoms with Gasteiger partial charge in [-0.25, -0.2) is 9.78 Å². The van der Waals surface area contributed by atoms with Gasteiger partial charge in [-0.3, -0.25) is 47.9 Å². The van der Waals surface area contributed by atoms with Gasteiger partial charge < -0.3 is 85.8 Å². The molecule has 2 rings (SSSR count). The van der Waals surface area contributed by atoms with Crippen molar-refractivity contribution in [3.05, 3.63) is 18.2 Å². The van der Waals surface area contributed by atoms with E-state index in [0.29, 0.717) is 12.8 Å². The zero-order chi connectivity index (χ0) is 49.5. The summed E-state index contributed by atoms with van der Waals surface area (Å²) in [5.41, 5.74) is 22.5.